The van der Waals surface area contributed by atoms with Crippen LogP contribution in [0.1, 0.15) is 43.7 Å². The van der Waals surface area contributed by atoms with E-state index in [1.54, 1.807) is 24.3 Å². The number of hydrogen-bond acceptors (Lipinski definition) is 5. The van der Waals surface area contributed by atoms with Crippen molar-refractivity contribution in [2.45, 2.75) is 51.6 Å². The average molecular weight is 632 g/mol. The molecule has 0 saturated carbocycles. The maximum absolute atomic E-state index is 13.9. The topological polar surface area (TPSA) is 96.0 Å². The van der Waals surface area contributed by atoms with Gasteiger partial charge in [-0.1, -0.05) is 67.4 Å². The number of rotatable bonds is 16. The van der Waals surface area contributed by atoms with Crippen molar-refractivity contribution in [3.63, 3.8) is 0 Å². The number of unbranched alkanes of at least 4 members (excludes halogenated alkanes) is 1. The second-order valence-corrected chi connectivity index (χ2v) is 12.6. The molecule has 2 amide bonds. The number of nitrogens with zero attached hydrogens (tertiary/aromatic N) is 2. The van der Waals surface area contributed by atoms with E-state index in [0.717, 1.165) is 24.7 Å². The third kappa shape index (κ3) is 10.2. The SMILES string of the molecule is CCCCNC(=O)[C@@H](Cc1ccccc1)N(Cc1ccc(F)cc1)C(=O)CCCN(c1ccc(OC)c(Cl)c1)S(C)(=O)=O. The predicted molar refractivity (Wildman–Crippen MR) is 168 cm³/mol. The number of carbonyl (C=O) groups excluding carboxylic acids is 2. The van der Waals surface area contributed by atoms with Crippen molar-refractivity contribution in [3.05, 3.63) is 94.8 Å². The molecule has 0 aliphatic carbocycles. The maximum atomic E-state index is 13.9. The fraction of sp³-hybridized carbons (Fsp3) is 0.375. The number of amides is 2. The molecule has 0 bridgehead atoms. The number of benzene rings is 3. The Morgan fingerprint density at radius 2 is 1.70 bits per heavy atom. The lowest BCUT2D eigenvalue weighted by atomic mass is 10.0. The van der Waals surface area contributed by atoms with E-state index in [4.69, 9.17) is 16.3 Å². The highest BCUT2D eigenvalue weighted by Crippen LogP contribution is 2.30. The minimum absolute atomic E-state index is 0.0175. The van der Waals surface area contributed by atoms with Gasteiger partial charge in [-0.05, 0) is 54.3 Å². The minimum Gasteiger partial charge on any atom is -0.495 e. The zero-order valence-corrected chi connectivity index (χ0v) is 26.3. The number of anilines is 1. The number of hydrogen-bond donors (Lipinski definition) is 1. The third-order valence-corrected chi connectivity index (χ3v) is 8.43. The summed E-state index contributed by atoms with van der Waals surface area (Å²) in [5, 5.41) is 3.22. The summed E-state index contributed by atoms with van der Waals surface area (Å²) in [6.07, 6.45) is 3.23. The number of methoxy groups -OCH3 is 1. The van der Waals surface area contributed by atoms with Crippen LogP contribution in [-0.2, 0) is 32.6 Å². The summed E-state index contributed by atoms with van der Waals surface area (Å²) in [6, 6.07) is 19.1. The van der Waals surface area contributed by atoms with Crippen LogP contribution in [0.2, 0.25) is 5.02 Å². The van der Waals surface area contributed by atoms with Crippen molar-refractivity contribution in [3.8, 4) is 5.75 Å². The number of ether oxygens (including phenoxy) is 1. The predicted octanol–water partition coefficient (Wildman–Crippen LogP) is 5.59. The monoisotopic (exact) mass is 631 g/mol. The standard InChI is InChI=1S/C32H39ClFN3O5S/c1-4-5-19-35-32(39)29(21-24-10-7-6-8-11-24)36(23-25-13-15-26(34)16-14-25)31(38)12-9-20-37(43(3,40)41)27-17-18-30(42-2)28(33)22-27/h6-8,10-11,13-18,22,29H,4-5,9,12,19-21,23H2,1-3H3,(H,35,39)/t29-/m1/s1. The van der Waals surface area contributed by atoms with Gasteiger partial charge in [0.15, 0.2) is 0 Å². The lowest BCUT2D eigenvalue weighted by Crippen LogP contribution is -2.50. The van der Waals surface area contributed by atoms with Gasteiger partial charge in [-0.15, -0.1) is 0 Å². The summed E-state index contributed by atoms with van der Waals surface area (Å²) < 4.78 is 45.4. The van der Waals surface area contributed by atoms with Gasteiger partial charge in [0.1, 0.15) is 17.6 Å². The highest BCUT2D eigenvalue weighted by molar-refractivity contribution is 7.92. The molecule has 8 nitrogen and oxygen atoms in total. The van der Waals surface area contributed by atoms with Crippen LogP contribution >= 0.6 is 11.6 Å². The van der Waals surface area contributed by atoms with Gasteiger partial charge in [0.05, 0.1) is 24.1 Å². The van der Waals surface area contributed by atoms with Crippen molar-refractivity contribution in [2.24, 2.45) is 0 Å². The average Bonchev–Trinajstić information content (AvgIpc) is 2.98. The van der Waals surface area contributed by atoms with E-state index in [9.17, 15) is 22.4 Å². The van der Waals surface area contributed by atoms with Gasteiger partial charge < -0.3 is 15.0 Å². The van der Waals surface area contributed by atoms with E-state index in [-0.39, 0.29) is 49.2 Å². The molecule has 0 saturated heterocycles. The normalized spacial score (nSPS) is 11.9. The summed E-state index contributed by atoms with van der Waals surface area (Å²) in [5.41, 5.74) is 1.90. The Morgan fingerprint density at radius 1 is 1.00 bits per heavy atom. The zero-order chi connectivity index (χ0) is 31.4. The van der Waals surface area contributed by atoms with E-state index in [1.165, 1.54) is 34.5 Å². The van der Waals surface area contributed by atoms with Crippen LogP contribution in [0.25, 0.3) is 0 Å². The molecule has 0 aliphatic heterocycles. The van der Waals surface area contributed by atoms with E-state index in [2.05, 4.69) is 5.32 Å². The lowest BCUT2D eigenvalue weighted by molar-refractivity contribution is -0.141. The Hall–Kier alpha value is -3.63. The molecule has 0 heterocycles. The number of halogens is 2. The minimum atomic E-state index is -3.70. The Morgan fingerprint density at radius 3 is 2.30 bits per heavy atom. The van der Waals surface area contributed by atoms with Gasteiger partial charge in [-0.25, -0.2) is 12.8 Å². The van der Waals surface area contributed by atoms with Crippen molar-refractivity contribution in [1.82, 2.24) is 10.2 Å². The zero-order valence-electron chi connectivity index (χ0n) is 24.8. The largest absolute Gasteiger partial charge is 0.495 e. The first-order valence-corrected chi connectivity index (χ1v) is 16.4. The molecular formula is C32H39ClFN3O5S. The van der Waals surface area contributed by atoms with Gasteiger partial charge in [-0.3, -0.25) is 13.9 Å². The summed E-state index contributed by atoms with van der Waals surface area (Å²) in [5.74, 6) is -0.595. The van der Waals surface area contributed by atoms with Crippen LogP contribution < -0.4 is 14.4 Å². The molecule has 0 unspecified atom stereocenters. The second-order valence-electron chi connectivity index (χ2n) is 10.3. The molecule has 1 N–H and O–H groups in total. The molecule has 0 aromatic heterocycles. The lowest BCUT2D eigenvalue weighted by Gasteiger charge is -2.32. The van der Waals surface area contributed by atoms with Crippen molar-refractivity contribution < 1.29 is 27.1 Å². The fourth-order valence-corrected chi connectivity index (χ4v) is 5.87. The maximum Gasteiger partial charge on any atom is 0.243 e. The van der Waals surface area contributed by atoms with Gasteiger partial charge in [0.25, 0.3) is 0 Å². The highest BCUT2D eigenvalue weighted by Gasteiger charge is 2.30. The van der Waals surface area contributed by atoms with E-state index in [1.807, 2.05) is 37.3 Å². The van der Waals surface area contributed by atoms with E-state index >= 15 is 0 Å². The first kappa shape index (κ1) is 33.9. The molecule has 11 heteroatoms. The highest BCUT2D eigenvalue weighted by atomic mass is 35.5. The summed E-state index contributed by atoms with van der Waals surface area (Å²) in [7, 11) is -2.23. The molecule has 0 spiro atoms. The molecule has 232 valence electrons. The van der Waals surface area contributed by atoms with E-state index in [0.29, 0.717) is 23.5 Å². The van der Waals surface area contributed by atoms with Crippen molar-refractivity contribution in [1.29, 1.82) is 0 Å². The first-order chi connectivity index (χ1) is 20.5. The molecule has 0 aliphatic rings. The molecule has 43 heavy (non-hydrogen) atoms. The Labute approximate surface area is 258 Å². The second kappa shape index (κ2) is 16.3. The Kier molecular flexibility index (Phi) is 12.8. The number of nitrogens with one attached hydrogen (secondary N) is 1. The third-order valence-electron chi connectivity index (χ3n) is 6.94. The quantitative estimate of drug-likeness (QED) is 0.208. The smallest absolute Gasteiger partial charge is 0.243 e. The Bertz CT molecular complexity index is 1460. The summed E-state index contributed by atoms with van der Waals surface area (Å²) >= 11 is 6.24. The molecule has 3 aromatic carbocycles. The van der Waals surface area contributed by atoms with Gasteiger partial charge in [-0.2, -0.15) is 0 Å². The van der Waals surface area contributed by atoms with Gasteiger partial charge in [0.2, 0.25) is 21.8 Å². The summed E-state index contributed by atoms with van der Waals surface area (Å²) in [6.45, 7) is 2.61. The summed E-state index contributed by atoms with van der Waals surface area (Å²) in [4.78, 5) is 28.9. The molecule has 0 radical (unpaired) electrons. The number of carbonyl (C=O) groups is 2. The number of sulfonamides is 1. The molecule has 1 atom stereocenters. The Balaban J connectivity index is 1.87. The van der Waals surface area contributed by atoms with Crippen LogP contribution in [0.5, 0.6) is 5.75 Å². The van der Waals surface area contributed by atoms with Crippen LogP contribution in [-0.4, -0.2) is 57.6 Å². The van der Waals surface area contributed by atoms with Crippen molar-refractivity contribution >= 4 is 39.1 Å². The fourth-order valence-electron chi connectivity index (χ4n) is 4.66. The van der Waals surface area contributed by atoms with E-state index < -0.39 is 21.9 Å². The molecular weight excluding hydrogens is 593 g/mol. The molecule has 0 fully saturated rings. The van der Waals surface area contributed by atoms with Crippen LogP contribution in [0.15, 0.2) is 72.8 Å². The van der Waals surface area contributed by atoms with Crippen LogP contribution in [0, 0.1) is 5.82 Å². The van der Waals surface area contributed by atoms with Gasteiger partial charge in [0, 0.05) is 32.5 Å². The van der Waals surface area contributed by atoms with Gasteiger partial charge >= 0.3 is 0 Å². The molecule has 3 aromatic rings. The van der Waals surface area contributed by atoms with Crippen LogP contribution in [0.4, 0.5) is 10.1 Å². The first-order valence-electron chi connectivity index (χ1n) is 14.2. The molecule has 3 rings (SSSR count). The van der Waals surface area contributed by atoms with Crippen LogP contribution in [0.3, 0.4) is 0 Å². The van der Waals surface area contributed by atoms with Crippen molar-refractivity contribution in [2.75, 3.05) is 30.8 Å².